The van der Waals surface area contributed by atoms with Crippen molar-refractivity contribution in [1.29, 1.82) is 0 Å². The standard InChI is InChI=1S/C16H25N3O3/c1-13(20)17-15-7-5-14(6-8-15)16(21)19(11-12-22-4)10-9-18(2)3/h5-8H,9-12H2,1-4H3,(H,17,20). The topological polar surface area (TPSA) is 61.9 Å². The van der Waals surface area contributed by atoms with E-state index in [0.717, 1.165) is 6.54 Å². The largest absolute Gasteiger partial charge is 0.383 e. The summed E-state index contributed by atoms with van der Waals surface area (Å²) in [6.45, 7) is 3.94. The van der Waals surface area contributed by atoms with Gasteiger partial charge in [0.05, 0.1) is 6.61 Å². The second-order valence-corrected chi connectivity index (χ2v) is 5.35. The van der Waals surface area contributed by atoms with Crippen molar-refractivity contribution in [3.05, 3.63) is 29.8 Å². The lowest BCUT2D eigenvalue weighted by molar-refractivity contribution is -0.114. The van der Waals surface area contributed by atoms with Crippen LogP contribution in [0.15, 0.2) is 24.3 Å². The summed E-state index contributed by atoms with van der Waals surface area (Å²) in [5.74, 6) is -0.167. The Hall–Kier alpha value is -1.92. The third-order valence-electron chi connectivity index (χ3n) is 3.12. The molecule has 1 N–H and O–H groups in total. The van der Waals surface area contributed by atoms with Crippen LogP contribution in [0.4, 0.5) is 5.69 Å². The van der Waals surface area contributed by atoms with Crippen LogP contribution >= 0.6 is 0 Å². The molecule has 1 aromatic carbocycles. The van der Waals surface area contributed by atoms with Gasteiger partial charge in [-0.1, -0.05) is 0 Å². The molecule has 0 aliphatic carbocycles. The molecule has 0 saturated heterocycles. The number of hydrogen-bond acceptors (Lipinski definition) is 4. The first-order chi connectivity index (χ1) is 10.4. The molecule has 6 nitrogen and oxygen atoms in total. The van der Waals surface area contributed by atoms with Crippen LogP contribution in [0.2, 0.25) is 0 Å². The van der Waals surface area contributed by atoms with Crippen molar-refractivity contribution in [2.24, 2.45) is 0 Å². The molecule has 0 aromatic heterocycles. The number of carbonyl (C=O) groups is 2. The lowest BCUT2D eigenvalue weighted by atomic mass is 10.1. The average Bonchev–Trinajstić information content (AvgIpc) is 2.46. The predicted molar refractivity (Wildman–Crippen MR) is 87.1 cm³/mol. The monoisotopic (exact) mass is 307 g/mol. The first-order valence-electron chi connectivity index (χ1n) is 7.24. The van der Waals surface area contributed by atoms with E-state index in [-0.39, 0.29) is 11.8 Å². The molecule has 1 rings (SSSR count). The second kappa shape index (κ2) is 9.17. The van der Waals surface area contributed by atoms with Crippen molar-refractivity contribution in [2.45, 2.75) is 6.92 Å². The number of methoxy groups -OCH3 is 1. The molecule has 2 amide bonds. The van der Waals surface area contributed by atoms with E-state index in [9.17, 15) is 9.59 Å². The zero-order valence-electron chi connectivity index (χ0n) is 13.8. The lowest BCUT2D eigenvalue weighted by Gasteiger charge is -2.24. The van der Waals surface area contributed by atoms with Gasteiger partial charge in [0.15, 0.2) is 0 Å². The summed E-state index contributed by atoms with van der Waals surface area (Å²) in [6.07, 6.45) is 0. The van der Waals surface area contributed by atoms with Gasteiger partial charge in [-0.3, -0.25) is 9.59 Å². The fraction of sp³-hybridized carbons (Fsp3) is 0.500. The van der Waals surface area contributed by atoms with E-state index in [1.165, 1.54) is 6.92 Å². The zero-order valence-corrected chi connectivity index (χ0v) is 13.8. The Balaban J connectivity index is 2.76. The predicted octanol–water partition coefficient (Wildman–Crippen LogP) is 1.30. The number of likely N-dealkylation sites (N-methyl/N-ethyl adjacent to an activating group) is 1. The van der Waals surface area contributed by atoms with Crippen molar-refractivity contribution >= 4 is 17.5 Å². The Morgan fingerprint density at radius 2 is 1.73 bits per heavy atom. The molecule has 0 aliphatic heterocycles. The summed E-state index contributed by atoms with van der Waals surface area (Å²) >= 11 is 0. The zero-order chi connectivity index (χ0) is 16.5. The summed E-state index contributed by atoms with van der Waals surface area (Å²) in [6, 6.07) is 6.91. The van der Waals surface area contributed by atoms with Gasteiger partial charge < -0.3 is 19.9 Å². The number of nitrogens with zero attached hydrogens (tertiary/aromatic N) is 2. The quantitative estimate of drug-likeness (QED) is 0.786. The van der Waals surface area contributed by atoms with Gasteiger partial charge in [0.1, 0.15) is 0 Å². The summed E-state index contributed by atoms with van der Waals surface area (Å²) < 4.78 is 5.07. The highest BCUT2D eigenvalue weighted by molar-refractivity contribution is 5.95. The summed E-state index contributed by atoms with van der Waals surface area (Å²) in [5.41, 5.74) is 1.28. The molecule has 122 valence electrons. The number of rotatable bonds is 8. The van der Waals surface area contributed by atoms with Gasteiger partial charge in [0, 0.05) is 44.9 Å². The van der Waals surface area contributed by atoms with Gasteiger partial charge in [-0.25, -0.2) is 0 Å². The maximum Gasteiger partial charge on any atom is 0.253 e. The van der Waals surface area contributed by atoms with Crippen molar-refractivity contribution < 1.29 is 14.3 Å². The van der Waals surface area contributed by atoms with E-state index in [2.05, 4.69) is 5.32 Å². The number of amides is 2. The molecule has 0 unspecified atom stereocenters. The lowest BCUT2D eigenvalue weighted by Crippen LogP contribution is -2.38. The third kappa shape index (κ3) is 6.24. The van der Waals surface area contributed by atoms with E-state index in [1.54, 1.807) is 36.3 Å². The summed E-state index contributed by atoms with van der Waals surface area (Å²) in [4.78, 5) is 27.4. The Labute approximate surface area is 132 Å². The second-order valence-electron chi connectivity index (χ2n) is 5.35. The van der Waals surface area contributed by atoms with Crippen molar-refractivity contribution in [3.8, 4) is 0 Å². The van der Waals surface area contributed by atoms with Crippen molar-refractivity contribution in [2.75, 3.05) is 52.8 Å². The molecule has 0 atom stereocenters. The maximum atomic E-state index is 12.6. The Morgan fingerprint density at radius 1 is 1.09 bits per heavy atom. The van der Waals surface area contributed by atoms with Gasteiger partial charge in [-0.05, 0) is 38.4 Å². The highest BCUT2D eigenvalue weighted by Crippen LogP contribution is 2.11. The van der Waals surface area contributed by atoms with Gasteiger partial charge in [0.2, 0.25) is 5.91 Å². The Morgan fingerprint density at radius 3 is 2.23 bits per heavy atom. The summed E-state index contributed by atoms with van der Waals surface area (Å²) in [7, 11) is 5.57. The molecule has 0 saturated carbocycles. The number of nitrogens with one attached hydrogen (secondary N) is 1. The molecule has 0 fully saturated rings. The first kappa shape index (κ1) is 18.1. The third-order valence-corrected chi connectivity index (χ3v) is 3.12. The molecule has 1 aromatic rings. The molecule has 0 radical (unpaired) electrons. The van der Waals surface area contributed by atoms with E-state index < -0.39 is 0 Å². The normalized spacial score (nSPS) is 10.6. The van der Waals surface area contributed by atoms with Gasteiger partial charge in [0.25, 0.3) is 5.91 Å². The summed E-state index contributed by atoms with van der Waals surface area (Å²) in [5, 5.41) is 2.68. The van der Waals surface area contributed by atoms with Crippen LogP contribution in [-0.2, 0) is 9.53 Å². The SMILES string of the molecule is COCCN(CCN(C)C)C(=O)c1ccc(NC(C)=O)cc1. The van der Waals surface area contributed by atoms with Gasteiger partial charge in [-0.15, -0.1) is 0 Å². The van der Waals surface area contributed by atoms with E-state index in [4.69, 9.17) is 4.74 Å². The number of hydrogen-bond donors (Lipinski definition) is 1. The van der Waals surface area contributed by atoms with Crippen LogP contribution in [0.25, 0.3) is 0 Å². The van der Waals surface area contributed by atoms with E-state index in [1.807, 2.05) is 19.0 Å². The Bertz CT molecular complexity index is 486. The van der Waals surface area contributed by atoms with Crippen LogP contribution in [0.1, 0.15) is 17.3 Å². The van der Waals surface area contributed by atoms with Crippen LogP contribution in [0.5, 0.6) is 0 Å². The molecular formula is C16H25N3O3. The average molecular weight is 307 g/mol. The van der Waals surface area contributed by atoms with Gasteiger partial charge >= 0.3 is 0 Å². The fourth-order valence-electron chi connectivity index (χ4n) is 1.92. The van der Waals surface area contributed by atoms with Crippen molar-refractivity contribution in [1.82, 2.24) is 9.80 Å². The minimum Gasteiger partial charge on any atom is -0.383 e. The number of carbonyl (C=O) groups excluding carboxylic acids is 2. The molecule has 22 heavy (non-hydrogen) atoms. The minimum absolute atomic E-state index is 0.0340. The number of ether oxygens (including phenoxy) is 1. The minimum atomic E-state index is -0.133. The molecule has 0 heterocycles. The van der Waals surface area contributed by atoms with Crippen LogP contribution in [0.3, 0.4) is 0 Å². The maximum absolute atomic E-state index is 12.6. The van der Waals surface area contributed by atoms with E-state index >= 15 is 0 Å². The smallest absolute Gasteiger partial charge is 0.253 e. The molecule has 0 spiro atoms. The highest BCUT2D eigenvalue weighted by Gasteiger charge is 2.15. The highest BCUT2D eigenvalue weighted by atomic mass is 16.5. The Kier molecular flexibility index (Phi) is 7.56. The molecule has 0 aliphatic rings. The van der Waals surface area contributed by atoms with Crippen LogP contribution in [0, 0.1) is 0 Å². The molecular weight excluding hydrogens is 282 g/mol. The number of anilines is 1. The van der Waals surface area contributed by atoms with Crippen LogP contribution < -0.4 is 5.32 Å². The number of benzene rings is 1. The molecule has 0 bridgehead atoms. The van der Waals surface area contributed by atoms with Crippen molar-refractivity contribution in [3.63, 3.8) is 0 Å². The van der Waals surface area contributed by atoms with E-state index in [0.29, 0.717) is 30.9 Å². The molecule has 6 heteroatoms. The van der Waals surface area contributed by atoms with Gasteiger partial charge in [-0.2, -0.15) is 0 Å². The fourth-order valence-corrected chi connectivity index (χ4v) is 1.92. The first-order valence-corrected chi connectivity index (χ1v) is 7.24. The van der Waals surface area contributed by atoms with Crippen LogP contribution in [-0.4, -0.2) is 69.1 Å².